The number of fused-ring (bicyclic) bond motifs is 1. The predicted octanol–water partition coefficient (Wildman–Crippen LogP) is 1.66. The average Bonchev–Trinajstić information content (AvgIpc) is 2.88. The molecule has 8 heteroatoms. The Balaban J connectivity index is 0.00000225. The van der Waals surface area contributed by atoms with Gasteiger partial charge in [0.15, 0.2) is 0 Å². The van der Waals surface area contributed by atoms with Crippen LogP contribution in [0, 0.1) is 5.41 Å². The second-order valence-corrected chi connectivity index (χ2v) is 7.36. The number of nitrogens with zero attached hydrogens (tertiary/aromatic N) is 1. The highest BCUT2D eigenvalue weighted by molar-refractivity contribution is 5.96. The van der Waals surface area contributed by atoms with Crippen LogP contribution in [0.4, 0.5) is 5.69 Å². The number of rotatable bonds is 3. The number of aromatic amines is 2. The van der Waals surface area contributed by atoms with E-state index in [4.69, 9.17) is 5.73 Å². The van der Waals surface area contributed by atoms with Gasteiger partial charge in [-0.1, -0.05) is 13.8 Å². The maximum absolute atomic E-state index is 12.6. The van der Waals surface area contributed by atoms with E-state index in [2.05, 4.69) is 34.0 Å². The molecule has 25 heavy (non-hydrogen) atoms. The summed E-state index contributed by atoms with van der Waals surface area (Å²) in [5.74, 6) is -0.0569. The molecule has 2 heterocycles. The van der Waals surface area contributed by atoms with E-state index in [9.17, 15) is 9.59 Å². The van der Waals surface area contributed by atoms with E-state index in [1.807, 2.05) is 6.92 Å². The van der Waals surface area contributed by atoms with E-state index in [0.717, 1.165) is 25.0 Å². The molecule has 1 saturated heterocycles. The van der Waals surface area contributed by atoms with Crippen molar-refractivity contribution in [1.82, 2.24) is 14.9 Å². The molecule has 1 aliphatic heterocycles. The topological polar surface area (TPSA) is 107 Å². The fraction of sp³-hybridized carbons (Fsp3) is 0.529. The average molecular weight is 368 g/mol. The van der Waals surface area contributed by atoms with Gasteiger partial charge >= 0.3 is 5.69 Å². The van der Waals surface area contributed by atoms with Crippen LogP contribution in [0.3, 0.4) is 0 Å². The Morgan fingerprint density at radius 2 is 2.04 bits per heavy atom. The van der Waals surface area contributed by atoms with Crippen LogP contribution in [0.1, 0.15) is 27.2 Å². The first-order valence-corrected chi connectivity index (χ1v) is 8.29. The van der Waals surface area contributed by atoms with Crippen molar-refractivity contribution in [3.63, 3.8) is 0 Å². The quantitative estimate of drug-likeness (QED) is 0.661. The first kappa shape index (κ1) is 19.5. The monoisotopic (exact) mass is 367 g/mol. The fourth-order valence-electron chi connectivity index (χ4n) is 3.27. The predicted molar refractivity (Wildman–Crippen MR) is 102 cm³/mol. The number of imidazole rings is 1. The normalized spacial score (nSPS) is 21.5. The second kappa shape index (κ2) is 7.19. The number of carbonyl (C=O) groups excluding carboxylic acids is 1. The summed E-state index contributed by atoms with van der Waals surface area (Å²) in [6.45, 7) is 7.82. The SMILES string of the molecule is CC(C(=O)Nc1ccc2[nH]c(=O)[nH]c2c1)N1CCC(N)C(C)(C)C1.Cl. The summed E-state index contributed by atoms with van der Waals surface area (Å²) in [5, 5.41) is 2.93. The molecule has 1 aromatic heterocycles. The zero-order valence-electron chi connectivity index (χ0n) is 14.8. The third-order valence-corrected chi connectivity index (χ3v) is 5.05. The third kappa shape index (κ3) is 4.05. The van der Waals surface area contributed by atoms with Gasteiger partial charge in [0.2, 0.25) is 5.91 Å². The van der Waals surface area contributed by atoms with Crippen molar-refractivity contribution in [3.05, 3.63) is 28.7 Å². The number of amides is 1. The maximum atomic E-state index is 12.6. The van der Waals surface area contributed by atoms with Crippen molar-refractivity contribution in [3.8, 4) is 0 Å². The van der Waals surface area contributed by atoms with Crippen LogP contribution in [-0.2, 0) is 4.79 Å². The third-order valence-electron chi connectivity index (χ3n) is 5.05. The van der Waals surface area contributed by atoms with Gasteiger partial charge in [0.25, 0.3) is 0 Å². The van der Waals surface area contributed by atoms with Crippen molar-refractivity contribution in [2.45, 2.75) is 39.3 Å². The summed E-state index contributed by atoms with van der Waals surface area (Å²) >= 11 is 0. The first-order chi connectivity index (χ1) is 11.3. The Bertz CT molecular complexity index is 813. The van der Waals surface area contributed by atoms with E-state index in [-0.39, 0.29) is 41.5 Å². The molecule has 1 aromatic carbocycles. The minimum atomic E-state index is -0.256. The Hall–Kier alpha value is -1.83. The van der Waals surface area contributed by atoms with Crippen LogP contribution in [0.15, 0.2) is 23.0 Å². The van der Waals surface area contributed by atoms with E-state index in [1.165, 1.54) is 0 Å². The van der Waals surface area contributed by atoms with Gasteiger partial charge in [-0.2, -0.15) is 0 Å². The van der Waals surface area contributed by atoms with Crippen molar-refractivity contribution in [2.75, 3.05) is 18.4 Å². The van der Waals surface area contributed by atoms with E-state index in [0.29, 0.717) is 11.2 Å². The molecular weight excluding hydrogens is 342 g/mol. The summed E-state index contributed by atoms with van der Waals surface area (Å²) in [6, 6.07) is 5.24. The summed E-state index contributed by atoms with van der Waals surface area (Å²) in [4.78, 5) is 31.4. The van der Waals surface area contributed by atoms with Gasteiger partial charge in [-0.3, -0.25) is 9.69 Å². The number of aromatic nitrogens is 2. The number of piperidine rings is 1. The molecular formula is C17H26ClN5O2. The van der Waals surface area contributed by atoms with Crippen molar-refractivity contribution in [2.24, 2.45) is 11.1 Å². The highest BCUT2D eigenvalue weighted by Crippen LogP contribution is 2.29. The number of H-pyrrole nitrogens is 2. The Morgan fingerprint density at radius 1 is 1.36 bits per heavy atom. The Kier molecular flexibility index (Phi) is 5.61. The second-order valence-electron chi connectivity index (χ2n) is 7.36. The van der Waals surface area contributed by atoms with E-state index in [1.54, 1.807) is 18.2 Å². The zero-order chi connectivity index (χ0) is 17.5. The lowest BCUT2D eigenvalue weighted by atomic mass is 9.79. The van der Waals surface area contributed by atoms with E-state index >= 15 is 0 Å². The zero-order valence-corrected chi connectivity index (χ0v) is 15.6. The lowest BCUT2D eigenvalue weighted by molar-refractivity contribution is -0.122. The van der Waals surface area contributed by atoms with Crippen LogP contribution in [-0.4, -0.2) is 45.9 Å². The number of nitrogens with two attached hydrogens (primary N) is 1. The van der Waals surface area contributed by atoms with Crippen molar-refractivity contribution < 1.29 is 4.79 Å². The number of benzene rings is 1. The molecule has 138 valence electrons. The number of hydrogen-bond acceptors (Lipinski definition) is 4. The summed E-state index contributed by atoms with van der Waals surface area (Å²) in [6.07, 6.45) is 0.890. The fourth-order valence-corrected chi connectivity index (χ4v) is 3.27. The Morgan fingerprint density at radius 3 is 2.72 bits per heavy atom. The van der Waals surface area contributed by atoms with Gasteiger partial charge in [0.05, 0.1) is 17.1 Å². The van der Waals surface area contributed by atoms with E-state index < -0.39 is 0 Å². The van der Waals surface area contributed by atoms with Crippen LogP contribution in [0.25, 0.3) is 11.0 Å². The molecule has 1 fully saturated rings. The molecule has 2 atom stereocenters. The van der Waals surface area contributed by atoms with Crippen LogP contribution in [0.2, 0.25) is 0 Å². The molecule has 7 nitrogen and oxygen atoms in total. The van der Waals surface area contributed by atoms with Gasteiger partial charge in [-0.05, 0) is 37.0 Å². The van der Waals surface area contributed by atoms with Crippen molar-refractivity contribution >= 4 is 35.0 Å². The van der Waals surface area contributed by atoms with Crippen LogP contribution < -0.4 is 16.7 Å². The summed E-state index contributed by atoms with van der Waals surface area (Å²) in [5.41, 5.74) is 7.98. The molecule has 1 aliphatic rings. The minimum absolute atomic E-state index is 0. The highest BCUT2D eigenvalue weighted by Gasteiger charge is 2.36. The standard InChI is InChI=1S/C17H25N5O2.ClH/c1-10(22-7-6-14(18)17(2,3)9-22)15(23)19-11-4-5-12-13(8-11)21-16(24)20-12;/h4-5,8,10,14H,6-7,9,18H2,1-3H3,(H,19,23)(H2,20,21,24);1H. The minimum Gasteiger partial charge on any atom is -0.327 e. The lowest BCUT2D eigenvalue weighted by Crippen LogP contribution is -2.56. The number of halogens is 1. The van der Waals surface area contributed by atoms with Gasteiger partial charge in [0, 0.05) is 24.8 Å². The number of anilines is 1. The molecule has 0 saturated carbocycles. The molecule has 1 amide bonds. The van der Waals surface area contributed by atoms with Gasteiger partial charge in [-0.15, -0.1) is 12.4 Å². The Labute approximate surface area is 152 Å². The first-order valence-electron chi connectivity index (χ1n) is 8.29. The van der Waals surface area contributed by atoms with Crippen molar-refractivity contribution in [1.29, 1.82) is 0 Å². The van der Waals surface area contributed by atoms with Crippen LogP contribution >= 0.6 is 12.4 Å². The summed E-state index contributed by atoms with van der Waals surface area (Å²) in [7, 11) is 0. The smallest absolute Gasteiger partial charge is 0.323 e. The highest BCUT2D eigenvalue weighted by atomic mass is 35.5. The molecule has 3 rings (SSSR count). The summed E-state index contributed by atoms with van der Waals surface area (Å²) < 4.78 is 0. The molecule has 0 bridgehead atoms. The number of carbonyl (C=O) groups is 1. The van der Waals surface area contributed by atoms with Gasteiger partial charge < -0.3 is 21.0 Å². The van der Waals surface area contributed by atoms with Gasteiger partial charge in [0.1, 0.15) is 0 Å². The number of nitrogens with one attached hydrogen (secondary N) is 3. The largest absolute Gasteiger partial charge is 0.327 e. The lowest BCUT2D eigenvalue weighted by Gasteiger charge is -2.44. The van der Waals surface area contributed by atoms with Crippen LogP contribution in [0.5, 0.6) is 0 Å². The molecule has 0 aliphatic carbocycles. The maximum Gasteiger partial charge on any atom is 0.323 e. The number of hydrogen-bond donors (Lipinski definition) is 4. The molecule has 5 N–H and O–H groups in total. The molecule has 2 aromatic rings. The number of likely N-dealkylation sites (tertiary alicyclic amines) is 1. The molecule has 0 radical (unpaired) electrons. The van der Waals surface area contributed by atoms with Gasteiger partial charge in [-0.25, -0.2) is 4.79 Å². The molecule has 0 spiro atoms. The molecule has 2 unspecified atom stereocenters.